The third kappa shape index (κ3) is 1.83. The molecule has 1 aromatic heterocycles. The summed E-state index contributed by atoms with van der Waals surface area (Å²) in [6.07, 6.45) is 0. The van der Waals surface area contributed by atoms with Gasteiger partial charge in [0.15, 0.2) is 0 Å². The van der Waals surface area contributed by atoms with Crippen molar-refractivity contribution in [3.8, 4) is 5.69 Å². The van der Waals surface area contributed by atoms with Crippen molar-refractivity contribution in [1.82, 2.24) is 9.36 Å². The second kappa shape index (κ2) is 4.37. The monoisotopic (exact) mass is 245 g/mol. The van der Waals surface area contributed by atoms with Crippen LogP contribution in [0.2, 0.25) is 0 Å². The summed E-state index contributed by atoms with van der Waals surface area (Å²) in [5.74, 6) is 0. The van der Waals surface area contributed by atoms with Gasteiger partial charge in [-0.25, -0.2) is 4.68 Å². The molecule has 2 N–H and O–H groups in total. The molecule has 0 radical (unpaired) electrons. The Kier molecular flexibility index (Phi) is 3.03. The molecular formula is C14H19N3O. The lowest BCUT2D eigenvalue weighted by Gasteiger charge is -2.12. The fourth-order valence-electron chi connectivity index (χ4n) is 2.38. The van der Waals surface area contributed by atoms with Gasteiger partial charge in [0.25, 0.3) is 5.56 Å². The van der Waals surface area contributed by atoms with Gasteiger partial charge in [-0.05, 0) is 51.0 Å². The number of nitrogen functional groups attached to an aromatic ring is 1. The highest BCUT2D eigenvalue weighted by Gasteiger charge is 2.14. The van der Waals surface area contributed by atoms with Gasteiger partial charge >= 0.3 is 0 Å². The van der Waals surface area contributed by atoms with E-state index in [0.717, 1.165) is 22.5 Å². The van der Waals surface area contributed by atoms with Gasteiger partial charge in [0, 0.05) is 6.54 Å². The van der Waals surface area contributed by atoms with E-state index in [0.29, 0.717) is 12.2 Å². The molecule has 0 atom stereocenters. The molecule has 0 amide bonds. The van der Waals surface area contributed by atoms with Crippen LogP contribution >= 0.6 is 0 Å². The molecule has 0 bridgehead atoms. The lowest BCUT2D eigenvalue weighted by molar-refractivity contribution is 0.559. The number of hydrogen-bond donors (Lipinski definition) is 1. The summed E-state index contributed by atoms with van der Waals surface area (Å²) >= 11 is 0. The molecule has 0 unspecified atom stereocenters. The number of nitrogens with zero attached hydrogens (tertiary/aromatic N) is 2. The highest BCUT2D eigenvalue weighted by molar-refractivity contribution is 5.46. The smallest absolute Gasteiger partial charge is 0.294 e. The lowest BCUT2D eigenvalue weighted by Crippen LogP contribution is -2.22. The van der Waals surface area contributed by atoms with Crippen molar-refractivity contribution in [2.24, 2.45) is 0 Å². The molecule has 4 nitrogen and oxygen atoms in total. The summed E-state index contributed by atoms with van der Waals surface area (Å²) in [6, 6.07) is 6.09. The van der Waals surface area contributed by atoms with E-state index < -0.39 is 0 Å². The maximum absolute atomic E-state index is 12.2. The van der Waals surface area contributed by atoms with Crippen molar-refractivity contribution >= 4 is 5.69 Å². The van der Waals surface area contributed by atoms with Gasteiger partial charge in [0.2, 0.25) is 0 Å². The lowest BCUT2D eigenvalue weighted by atomic mass is 10.1. The summed E-state index contributed by atoms with van der Waals surface area (Å²) in [7, 11) is 0. The van der Waals surface area contributed by atoms with Crippen molar-refractivity contribution < 1.29 is 0 Å². The van der Waals surface area contributed by atoms with Gasteiger partial charge in [-0.1, -0.05) is 6.07 Å². The quantitative estimate of drug-likeness (QED) is 0.881. The second-order valence-corrected chi connectivity index (χ2v) is 4.68. The number of hydrogen-bond acceptors (Lipinski definition) is 2. The molecular weight excluding hydrogens is 226 g/mol. The molecule has 96 valence electrons. The molecule has 0 aliphatic heterocycles. The number of anilines is 1. The zero-order valence-electron chi connectivity index (χ0n) is 11.3. The maximum atomic E-state index is 12.2. The van der Waals surface area contributed by atoms with Crippen LogP contribution in [0.4, 0.5) is 5.69 Å². The van der Waals surface area contributed by atoms with Gasteiger partial charge in [-0.15, -0.1) is 0 Å². The Bertz CT molecular complexity index is 630. The molecule has 0 saturated heterocycles. The average Bonchev–Trinajstić information content (AvgIpc) is 2.52. The fourth-order valence-corrected chi connectivity index (χ4v) is 2.38. The first-order valence-corrected chi connectivity index (χ1v) is 6.12. The first-order chi connectivity index (χ1) is 8.45. The molecule has 0 saturated carbocycles. The number of aromatic nitrogens is 2. The van der Waals surface area contributed by atoms with Crippen LogP contribution in [0.5, 0.6) is 0 Å². The summed E-state index contributed by atoms with van der Waals surface area (Å²) in [6.45, 7) is 8.64. The predicted molar refractivity (Wildman–Crippen MR) is 74.3 cm³/mol. The highest BCUT2D eigenvalue weighted by atomic mass is 16.1. The minimum Gasteiger partial charge on any atom is -0.393 e. The summed E-state index contributed by atoms with van der Waals surface area (Å²) < 4.78 is 3.57. The average molecular weight is 245 g/mol. The number of rotatable bonds is 2. The van der Waals surface area contributed by atoms with Crippen LogP contribution in [0, 0.1) is 20.8 Å². The molecule has 1 aromatic carbocycles. The zero-order valence-corrected chi connectivity index (χ0v) is 11.3. The van der Waals surface area contributed by atoms with Crippen LogP contribution in [-0.4, -0.2) is 9.36 Å². The van der Waals surface area contributed by atoms with E-state index in [4.69, 9.17) is 5.73 Å². The van der Waals surface area contributed by atoms with Gasteiger partial charge in [0.05, 0.1) is 11.4 Å². The van der Waals surface area contributed by atoms with Gasteiger partial charge in [0.1, 0.15) is 5.69 Å². The molecule has 4 heteroatoms. The van der Waals surface area contributed by atoms with E-state index in [-0.39, 0.29) is 5.56 Å². The van der Waals surface area contributed by atoms with E-state index in [1.54, 1.807) is 4.68 Å². The Labute approximate surface area is 107 Å². The van der Waals surface area contributed by atoms with Crippen LogP contribution in [0.1, 0.15) is 23.7 Å². The van der Waals surface area contributed by atoms with Crippen LogP contribution in [0.25, 0.3) is 5.69 Å². The van der Waals surface area contributed by atoms with E-state index in [1.165, 1.54) is 0 Å². The Balaban J connectivity index is 2.78. The van der Waals surface area contributed by atoms with Gasteiger partial charge in [-0.3, -0.25) is 9.48 Å². The Morgan fingerprint density at radius 1 is 1.11 bits per heavy atom. The van der Waals surface area contributed by atoms with Crippen LogP contribution in [-0.2, 0) is 6.54 Å². The van der Waals surface area contributed by atoms with Crippen molar-refractivity contribution in [2.45, 2.75) is 34.2 Å². The number of nitrogens with two attached hydrogens (primary N) is 1. The van der Waals surface area contributed by atoms with Crippen LogP contribution in [0.15, 0.2) is 23.0 Å². The van der Waals surface area contributed by atoms with E-state index >= 15 is 0 Å². The SMILES string of the molecule is CCn1c(C)c(N)c(=O)n1-c1cc(C)cc(C)c1. The van der Waals surface area contributed by atoms with E-state index in [2.05, 4.69) is 6.07 Å². The predicted octanol–water partition coefficient (Wildman–Crippen LogP) is 2.17. The maximum Gasteiger partial charge on any atom is 0.294 e. The standard InChI is InChI=1S/C14H19N3O/c1-5-16-11(4)13(15)14(18)17(16)12-7-9(2)6-10(3)8-12/h6-8H,5,15H2,1-4H3. The molecule has 18 heavy (non-hydrogen) atoms. The highest BCUT2D eigenvalue weighted by Crippen LogP contribution is 2.16. The molecule has 0 spiro atoms. The van der Waals surface area contributed by atoms with Gasteiger partial charge < -0.3 is 5.73 Å². The molecule has 0 fully saturated rings. The minimum atomic E-state index is -0.139. The first kappa shape index (κ1) is 12.5. The largest absolute Gasteiger partial charge is 0.393 e. The molecule has 0 aliphatic carbocycles. The first-order valence-electron chi connectivity index (χ1n) is 6.12. The normalized spacial score (nSPS) is 10.9. The topological polar surface area (TPSA) is 52.9 Å². The van der Waals surface area contributed by atoms with Gasteiger partial charge in [-0.2, -0.15) is 0 Å². The van der Waals surface area contributed by atoms with Crippen LogP contribution in [0.3, 0.4) is 0 Å². The van der Waals surface area contributed by atoms with Crippen molar-refractivity contribution in [3.63, 3.8) is 0 Å². The van der Waals surface area contributed by atoms with Crippen molar-refractivity contribution in [3.05, 3.63) is 45.4 Å². The Morgan fingerprint density at radius 3 is 2.17 bits per heavy atom. The molecule has 0 aliphatic rings. The minimum absolute atomic E-state index is 0.139. The summed E-state index contributed by atoms with van der Waals surface area (Å²) in [5.41, 5.74) is 10.00. The number of benzene rings is 1. The van der Waals surface area contributed by atoms with Crippen LogP contribution < -0.4 is 11.3 Å². The van der Waals surface area contributed by atoms with E-state index in [1.807, 2.05) is 44.5 Å². The fraction of sp³-hybridized carbons (Fsp3) is 0.357. The van der Waals surface area contributed by atoms with Crippen molar-refractivity contribution in [2.75, 3.05) is 5.73 Å². The third-order valence-electron chi connectivity index (χ3n) is 3.19. The second-order valence-electron chi connectivity index (χ2n) is 4.68. The Morgan fingerprint density at radius 2 is 1.67 bits per heavy atom. The molecule has 2 aromatic rings. The summed E-state index contributed by atoms with van der Waals surface area (Å²) in [4.78, 5) is 12.2. The zero-order chi connectivity index (χ0) is 13.4. The third-order valence-corrected chi connectivity index (χ3v) is 3.19. The number of aryl methyl sites for hydroxylation is 2. The Hall–Kier alpha value is -1.97. The van der Waals surface area contributed by atoms with Crippen molar-refractivity contribution in [1.29, 1.82) is 0 Å². The van der Waals surface area contributed by atoms with E-state index in [9.17, 15) is 4.79 Å². The summed E-state index contributed by atoms with van der Waals surface area (Å²) in [5, 5.41) is 0. The molecule has 2 rings (SSSR count). The molecule has 1 heterocycles.